The van der Waals surface area contributed by atoms with Crippen LogP contribution in [-0.2, 0) is 28.4 Å². The predicted molar refractivity (Wildman–Crippen MR) is 226 cm³/mol. The van der Waals surface area contributed by atoms with Gasteiger partial charge in [-0.1, -0.05) is 12.1 Å². The lowest BCUT2D eigenvalue weighted by Gasteiger charge is -2.55. The summed E-state index contributed by atoms with van der Waals surface area (Å²) in [6.07, 6.45) is 2.26. The van der Waals surface area contributed by atoms with Crippen molar-refractivity contribution in [1.82, 2.24) is 29.3 Å². The van der Waals surface area contributed by atoms with E-state index in [4.69, 9.17) is 4.98 Å². The van der Waals surface area contributed by atoms with Crippen molar-refractivity contribution in [2.75, 3.05) is 42.9 Å². The number of alkyl halides is 3. The van der Waals surface area contributed by atoms with E-state index in [1.165, 1.54) is 6.07 Å². The highest BCUT2D eigenvalue weighted by Gasteiger charge is 2.46. The van der Waals surface area contributed by atoms with Gasteiger partial charge in [0.25, 0.3) is 5.91 Å². The summed E-state index contributed by atoms with van der Waals surface area (Å²) in [6.45, 7) is 8.18. The van der Waals surface area contributed by atoms with Gasteiger partial charge in [-0.25, -0.2) is 14.8 Å². The van der Waals surface area contributed by atoms with E-state index >= 15 is 0 Å². The van der Waals surface area contributed by atoms with Gasteiger partial charge in [0.05, 0.1) is 37.5 Å². The van der Waals surface area contributed by atoms with Gasteiger partial charge in [-0.05, 0) is 114 Å². The molecule has 1 unspecified atom stereocenters. The number of fused-ring (bicyclic) bond motifs is 2. The summed E-state index contributed by atoms with van der Waals surface area (Å²) in [5, 5.41) is 17.1. The molecule has 0 radical (unpaired) electrons. The first kappa shape index (κ1) is 41.2. The number of likely N-dealkylation sites (tertiary alicyclic amines) is 1. The number of rotatable bonds is 8. The first-order valence-electron chi connectivity index (χ1n) is 21.0. The van der Waals surface area contributed by atoms with E-state index in [0.29, 0.717) is 40.5 Å². The summed E-state index contributed by atoms with van der Waals surface area (Å²) in [5.74, 6) is -0.659. The zero-order valence-electron chi connectivity index (χ0n) is 34.3. The number of pyridine rings is 1. The van der Waals surface area contributed by atoms with Crippen molar-refractivity contribution in [3.05, 3.63) is 81.0 Å². The Morgan fingerprint density at radius 1 is 0.984 bits per heavy atom. The van der Waals surface area contributed by atoms with Crippen LogP contribution in [-0.4, -0.2) is 79.6 Å². The third kappa shape index (κ3) is 7.84. The molecule has 61 heavy (non-hydrogen) atoms. The average molecular weight is 859 g/mol. The number of benzene rings is 2. The number of piperidine rings is 2. The number of hydrogen-bond donors (Lipinski definition) is 3. The number of para-hydroxylation sites is 1. The molecule has 2 aromatic carbocycles. The Balaban J connectivity index is 0.799. The molecule has 13 nitrogen and oxygen atoms in total. The van der Waals surface area contributed by atoms with Crippen LogP contribution in [0.4, 0.5) is 24.5 Å². The molecule has 4 aliphatic rings. The lowest BCUT2D eigenvalue weighted by atomic mass is 9.71. The van der Waals surface area contributed by atoms with Gasteiger partial charge in [0.2, 0.25) is 11.8 Å². The van der Waals surface area contributed by atoms with E-state index in [0.717, 1.165) is 104 Å². The van der Waals surface area contributed by atoms with Crippen LogP contribution in [0.15, 0.2) is 53.3 Å². The average Bonchev–Trinajstić information content (AvgIpc) is 3.74. The van der Waals surface area contributed by atoms with Crippen LogP contribution in [0, 0.1) is 11.3 Å². The number of nitrogens with one attached hydrogen (secondary N) is 2. The third-order valence-corrected chi connectivity index (χ3v) is 14.5. The van der Waals surface area contributed by atoms with Gasteiger partial charge in [0.15, 0.2) is 0 Å². The number of aliphatic hydroxyl groups is 1. The number of carbonyl (C=O) groups is 3. The van der Waals surface area contributed by atoms with E-state index in [9.17, 15) is 37.5 Å². The van der Waals surface area contributed by atoms with Crippen molar-refractivity contribution >= 4 is 61.7 Å². The Labute approximate surface area is 353 Å². The monoisotopic (exact) mass is 858 g/mol. The van der Waals surface area contributed by atoms with E-state index in [-0.39, 0.29) is 29.1 Å². The van der Waals surface area contributed by atoms with Crippen molar-refractivity contribution in [1.29, 1.82) is 0 Å². The smallest absolute Gasteiger partial charge is 0.386 e. The molecule has 322 valence electrons. The molecule has 1 saturated carbocycles. The van der Waals surface area contributed by atoms with Crippen LogP contribution >= 0.6 is 11.3 Å². The fraction of sp³-hybridized carbons (Fsp3) is 0.500. The van der Waals surface area contributed by atoms with E-state index in [1.54, 1.807) is 53.5 Å². The standard InChI is InChI=1S/C44H49F3N8O5S/c1-42(2,60)27-20-30-34(21-29(27)49-38(57)28-6-4-9-35(48-28)44(45,46)47)61-40(50-30)26-12-10-25(11-13-26)22-53-18-16-43(17-19-53)23-54(24-43)31-7-5-8-32-37(31)52(3)41(59)55(32)33-14-15-36(56)51-39(33)58/h4-9,20-21,25-26,33,60H,10-19,22-24H2,1-3H3,(H,49,57)(H,51,56,58)/t25-,26-,33?. The molecule has 1 atom stereocenters. The predicted octanol–water partition coefficient (Wildman–Crippen LogP) is 6.70. The Hall–Kier alpha value is -5.13. The summed E-state index contributed by atoms with van der Waals surface area (Å²) in [7, 11) is 1.75. The van der Waals surface area contributed by atoms with Gasteiger partial charge in [0, 0.05) is 55.7 Å². The molecule has 3 N–H and O–H groups in total. The van der Waals surface area contributed by atoms with E-state index < -0.39 is 35.3 Å². The summed E-state index contributed by atoms with van der Waals surface area (Å²) in [4.78, 5) is 64.5. The van der Waals surface area contributed by atoms with E-state index in [1.807, 2.05) is 12.1 Å². The first-order valence-corrected chi connectivity index (χ1v) is 21.8. The minimum atomic E-state index is -4.69. The first-order chi connectivity index (χ1) is 29.0. The van der Waals surface area contributed by atoms with Crippen LogP contribution in [0.1, 0.15) is 104 Å². The quantitative estimate of drug-likeness (QED) is 0.145. The number of halogens is 3. The fourth-order valence-corrected chi connectivity index (χ4v) is 11.2. The molecule has 5 aromatic rings. The number of imidazole rings is 1. The van der Waals surface area contributed by atoms with Gasteiger partial charge < -0.3 is 20.2 Å². The zero-order chi connectivity index (χ0) is 43.0. The second kappa shape index (κ2) is 15.3. The number of aryl methyl sites for hydroxylation is 1. The van der Waals surface area contributed by atoms with Crippen LogP contribution in [0.2, 0.25) is 0 Å². The molecule has 9 rings (SSSR count). The van der Waals surface area contributed by atoms with Gasteiger partial charge in [-0.15, -0.1) is 11.3 Å². The third-order valence-electron chi connectivity index (χ3n) is 13.3. The van der Waals surface area contributed by atoms with Crippen molar-refractivity contribution in [2.24, 2.45) is 18.4 Å². The van der Waals surface area contributed by atoms with Crippen LogP contribution in [0.5, 0.6) is 0 Å². The van der Waals surface area contributed by atoms with Crippen molar-refractivity contribution < 1.29 is 32.7 Å². The highest BCUT2D eigenvalue weighted by Crippen LogP contribution is 2.46. The van der Waals surface area contributed by atoms with Crippen LogP contribution in [0.3, 0.4) is 0 Å². The maximum Gasteiger partial charge on any atom is 0.433 e. The number of nitrogens with zero attached hydrogens (tertiary/aromatic N) is 6. The largest absolute Gasteiger partial charge is 0.433 e. The number of imide groups is 1. The topological polar surface area (TPSA) is 155 Å². The number of hydrogen-bond acceptors (Lipinski definition) is 10. The minimum absolute atomic E-state index is 0.203. The lowest BCUT2D eigenvalue weighted by Crippen LogP contribution is -2.60. The molecule has 17 heteroatoms. The molecule has 6 heterocycles. The Morgan fingerprint density at radius 3 is 2.39 bits per heavy atom. The summed E-state index contributed by atoms with van der Waals surface area (Å²) in [5.41, 5.74) is 1.01. The molecule has 1 spiro atoms. The normalized spacial score (nSPS) is 22.5. The van der Waals surface area contributed by atoms with Crippen molar-refractivity contribution in [2.45, 2.75) is 89.0 Å². The summed E-state index contributed by atoms with van der Waals surface area (Å²) < 4.78 is 43.8. The Bertz CT molecular complexity index is 2600. The molecule has 3 aliphatic heterocycles. The highest BCUT2D eigenvalue weighted by molar-refractivity contribution is 7.18. The van der Waals surface area contributed by atoms with Crippen molar-refractivity contribution in [3.8, 4) is 0 Å². The number of anilines is 2. The molecule has 4 fully saturated rings. The molecule has 0 bridgehead atoms. The van der Waals surface area contributed by atoms with Gasteiger partial charge >= 0.3 is 11.9 Å². The Kier molecular flexibility index (Phi) is 10.4. The van der Waals surface area contributed by atoms with Gasteiger partial charge in [-0.2, -0.15) is 13.2 Å². The second-order valence-corrected chi connectivity index (χ2v) is 19.1. The number of aromatic nitrogens is 4. The van der Waals surface area contributed by atoms with Crippen molar-refractivity contribution in [3.63, 3.8) is 0 Å². The number of carbonyl (C=O) groups excluding carboxylic acids is 3. The zero-order valence-corrected chi connectivity index (χ0v) is 35.2. The summed E-state index contributed by atoms with van der Waals surface area (Å²) >= 11 is 1.55. The lowest BCUT2D eigenvalue weighted by molar-refractivity contribution is -0.141. The highest BCUT2D eigenvalue weighted by atomic mass is 32.1. The minimum Gasteiger partial charge on any atom is -0.386 e. The maximum absolute atomic E-state index is 13.5. The van der Waals surface area contributed by atoms with Crippen LogP contribution < -0.4 is 21.2 Å². The molecule has 3 amide bonds. The summed E-state index contributed by atoms with van der Waals surface area (Å²) in [6, 6.07) is 11.8. The van der Waals surface area contributed by atoms with Gasteiger partial charge in [0.1, 0.15) is 17.4 Å². The molecular formula is C44H49F3N8O5S. The SMILES string of the molecule is Cn1c(=O)n(C2CCC(=O)NC2=O)c2cccc(N3CC4(CCN(C[C@H]5CC[C@H](c6nc7cc(C(C)(C)O)c(NC(=O)c8cccc(C(F)(F)F)n8)cc7s6)CC5)CC4)C3)c21. The van der Waals surface area contributed by atoms with Crippen LogP contribution in [0.25, 0.3) is 21.3 Å². The second-order valence-electron chi connectivity index (χ2n) is 18.0. The molecular weight excluding hydrogens is 810 g/mol. The van der Waals surface area contributed by atoms with E-state index in [2.05, 4.69) is 31.5 Å². The van der Waals surface area contributed by atoms with Gasteiger partial charge in [-0.3, -0.25) is 28.8 Å². The molecule has 1 aliphatic carbocycles. The number of thiazole rings is 1. The maximum atomic E-state index is 13.5. The fourth-order valence-electron chi connectivity index (χ4n) is 10.0. The molecule has 3 saturated heterocycles. The molecule has 3 aromatic heterocycles. The number of amides is 3. The Morgan fingerprint density at radius 2 is 1.70 bits per heavy atom.